The Morgan fingerprint density at radius 3 is 2.93 bits per heavy atom. The van der Waals surface area contributed by atoms with Gasteiger partial charge in [-0.15, -0.1) is 0 Å². The van der Waals surface area contributed by atoms with Crippen molar-refractivity contribution in [1.82, 2.24) is 4.90 Å². The van der Waals surface area contributed by atoms with Crippen molar-refractivity contribution in [3.05, 3.63) is 34.3 Å². The molecule has 1 atom stereocenters. The maximum Gasteiger partial charge on any atom is 0.0679 e. The Kier molecular flexibility index (Phi) is 3.29. The summed E-state index contributed by atoms with van der Waals surface area (Å²) in [6.07, 6.45) is 0.719. The van der Waals surface area contributed by atoms with Gasteiger partial charge in [-0.1, -0.05) is 23.7 Å². The molecule has 1 aliphatic heterocycles. The Bertz CT molecular complexity index is 333. The zero-order valence-electron chi connectivity index (χ0n) is 8.91. The van der Waals surface area contributed by atoms with Crippen LogP contribution < -0.4 is 0 Å². The fourth-order valence-corrected chi connectivity index (χ4v) is 2.33. The second-order valence-electron chi connectivity index (χ2n) is 4.21. The lowest BCUT2D eigenvalue weighted by molar-refractivity contribution is 0.174. The van der Waals surface area contributed by atoms with Gasteiger partial charge in [-0.25, -0.2) is 0 Å². The van der Waals surface area contributed by atoms with Gasteiger partial charge in [-0.2, -0.15) is 0 Å². The standard InChI is InChI=1S/C12H16ClNO/c1-9-3-2-4-12(13)11(9)8-14-6-5-10(15)7-14/h2-4,10,15H,5-8H2,1H3/t10-/m0/s1. The van der Waals surface area contributed by atoms with E-state index in [1.165, 1.54) is 11.1 Å². The number of likely N-dealkylation sites (tertiary alicyclic amines) is 1. The maximum atomic E-state index is 9.44. The predicted octanol–water partition coefficient (Wildman–Crippen LogP) is 2.22. The Labute approximate surface area is 95.5 Å². The maximum absolute atomic E-state index is 9.44. The third kappa shape index (κ3) is 2.51. The molecular weight excluding hydrogens is 210 g/mol. The summed E-state index contributed by atoms with van der Waals surface area (Å²) in [5, 5.41) is 10.3. The van der Waals surface area contributed by atoms with Gasteiger partial charge in [0, 0.05) is 24.7 Å². The molecule has 1 aliphatic rings. The van der Waals surface area contributed by atoms with E-state index in [4.69, 9.17) is 11.6 Å². The Balaban J connectivity index is 2.10. The van der Waals surface area contributed by atoms with E-state index in [1.54, 1.807) is 0 Å². The zero-order chi connectivity index (χ0) is 10.8. The van der Waals surface area contributed by atoms with Gasteiger partial charge in [0.25, 0.3) is 0 Å². The molecule has 0 spiro atoms. The first kappa shape index (κ1) is 10.9. The highest BCUT2D eigenvalue weighted by Gasteiger charge is 2.21. The quantitative estimate of drug-likeness (QED) is 0.835. The van der Waals surface area contributed by atoms with E-state index in [0.717, 1.165) is 31.1 Å². The Hall–Kier alpha value is -0.570. The van der Waals surface area contributed by atoms with Crippen molar-refractivity contribution in [2.45, 2.75) is 26.0 Å². The Morgan fingerprint density at radius 1 is 1.53 bits per heavy atom. The van der Waals surface area contributed by atoms with Crippen LogP contribution in [0.25, 0.3) is 0 Å². The molecule has 1 N–H and O–H groups in total. The summed E-state index contributed by atoms with van der Waals surface area (Å²) in [7, 11) is 0. The van der Waals surface area contributed by atoms with E-state index in [2.05, 4.69) is 17.9 Å². The average Bonchev–Trinajstić information content (AvgIpc) is 2.58. The number of aliphatic hydroxyl groups is 1. The first-order valence-corrected chi connectivity index (χ1v) is 5.69. The number of aliphatic hydroxyl groups excluding tert-OH is 1. The molecule has 1 fully saturated rings. The van der Waals surface area contributed by atoms with E-state index in [0.29, 0.717) is 0 Å². The van der Waals surface area contributed by atoms with Crippen molar-refractivity contribution in [3.8, 4) is 0 Å². The number of aryl methyl sites for hydroxylation is 1. The van der Waals surface area contributed by atoms with Gasteiger partial charge in [-0.05, 0) is 30.5 Å². The van der Waals surface area contributed by atoms with E-state index in [9.17, 15) is 5.11 Å². The average molecular weight is 226 g/mol. The lowest BCUT2D eigenvalue weighted by atomic mass is 10.1. The minimum absolute atomic E-state index is 0.159. The van der Waals surface area contributed by atoms with Crippen LogP contribution >= 0.6 is 11.6 Å². The largest absolute Gasteiger partial charge is 0.392 e. The van der Waals surface area contributed by atoms with Crippen molar-refractivity contribution >= 4 is 11.6 Å². The summed E-state index contributed by atoms with van der Waals surface area (Å²) in [6.45, 7) is 4.66. The topological polar surface area (TPSA) is 23.5 Å². The number of rotatable bonds is 2. The molecule has 3 heteroatoms. The van der Waals surface area contributed by atoms with Gasteiger partial charge >= 0.3 is 0 Å². The highest BCUT2D eigenvalue weighted by molar-refractivity contribution is 6.31. The number of hydrogen-bond donors (Lipinski definition) is 1. The van der Waals surface area contributed by atoms with Gasteiger partial charge in [0.05, 0.1) is 6.10 Å². The molecule has 15 heavy (non-hydrogen) atoms. The summed E-state index contributed by atoms with van der Waals surface area (Å²) in [6, 6.07) is 5.98. The predicted molar refractivity (Wildman–Crippen MR) is 62.1 cm³/mol. The molecule has 1 aromatic carbocycles. The monoisotopic (exact) mass is 225 g/mol. The second-order valence-corrected chi connectivity index (χ2v) is 4.62. The van der Waals surface area contributed by atoms with Crippen LogP contribution in [-0.2, 0) is 6.54 Å². The zero-order valence-corrected chi connectivity index (χ0v) is 9.67. The van der Waals surface area contributed by atoms with Gasteiger partial charge in [0.15, 0.2) is 0 Å². The van der Waals surface area contributed by atoms with Crippen molar-refractivity contribution in [1.29, 1.82) is 0 Å². The van der Waals surface area contributed by atoms with E-state index < -0.39 is 0 Å². The van der Waals surface area contributed by atoms with Crippen molar-refractivity contribution in [3.63, 3.8) is 0 Å². The van der Waals surface area contributed by atoms with E-state index in [1.807, 2.05) is 12.1 Å². The highest BCUT2D eigenvalue weighted by Crippen LogP contribution is 2.23. The SMILES string of the molecule is Cc1cccc(Cl)c1CN1CC[C@H](O)C1. The van der Waals surface area contributed by atoms with Crippen LogP contribution in [-0.4, -0.2) is 29.2 Å². The van der Waals surface area contributed by atoms with Gasteiger partial charge < -0.3 is 5.11 Å². The first-order valence-electron chi connectivity index (χ1n) is 5.31. The number of nitrogens with zero attached hydrogens (tertiary/aromatic N) is 1. The van der Waals surface area contributed by atoms with Crippen molar-refractivity contribution < 1.29 is 5.11 Å². The lowest BCUT2D eigenvalue weighted by Gasteiger charge is -2.17. The second kappa shape index (κ2) is 4.52. The van der Waals surface area contributed by atoms with Gasteiger partial charge in [-0.3, -0.25) is 4.90 Å². The molecule has 0 unspecified atom stereocenters. The molecule has 0 saturated carbocycles. The molecule has 0 aromatic heterocycles. The van der Waals surface area contributed by atoms with Gasteiger partial charge in [0.1, 0.15) is 0 Å². The smallest absolute Gasteiger partial charge is 0.0679 e. The van der Waals surface area contributed by atoms with Crippen LogP contribution in [0.1, 0.15) is 17.5 Å². The van der Waals surface area contributed by atoms with E-state index in [-0.39, 0.29) is 6.10 Å². The number of hydrogen-bond acceptors (Lipinski definition) is 2. The molecule has 0 aliphatic carbocycles. The van der Waals surface area contributed by atoms with Crippen LogP contribution in [0, 0.1) is 6.92 Å². The molecule has 2 rings (SSSR count). The third-order valence-corrected chi connectivity index (χ3v) is 3.34. The summed E-state index contributed by atoms with van der Waals surface area (Å²) in [4.78, 5) is 2.25. The molecule has 0 amide bonds. The third-order valence-electron chi connectivity index (χ3n) is 2.98. The van der Waals surface area contributed by atoms with E-state index >= 15 is 0 Å². The molecule has 1 saturated heterocycles. The summed E-state index contributed by atoms with van der Waals surface area (Å²) in [5.74, 6) is 0. The fourth-order valence-electron chi connectivity index (χ4n) is 2.05. The van der Waals surface area contributed by atoms with Gasteiger partial charge in [0.2, 0.25) is 0 Å². The highest BCUT2D eigenvalue weighted by atomic mass is 35.5. The van der Waals surface area contributed by atoms with Crippen LogP contribution in [0.4, 0.5) is 0 Å². The van der Waals surface area contributed by atoms with Crippen LogP contribution in [0.3, 0.4) is 0 Å². The molecule has 82 valence electrons. The molecule has 1 aromatic rings. The summed E-state index contributed by atoms with van der Waals surface area (Å²) < 4.78 is 0. The van der Waals surface area contributed by atoms with Crippen LogP contribution in [0.15, 0.2) is 18.2 Å². The minimum atomic E-state index is -0.159. The number of halogens is 1. The number of benzene rings is 1. The molecule has 2 nitrogen and oxygen atoms in total. The molecule has 0 radical (unpaired) electrons. The molecule has 0 bridgehead atoms. The molecular formula is C12H16ClNO. The van der Waals surface area contributed by atoms with Crippen molar-refractivity contribution in [2.75, 3.05) is 13.1 Å². The van der Waals surface area contributed by atoms with Crippen LogP contribution in [0.2, 0.25) is 5.02 Å². The lowest BCUT2D eigenvalue weighted by Crippen LogP contribution is -2.22. The molecule has 1 heterocycles. The Morgan fingerprint density at radius 2 is 2.33 bits per heavy atom. The normalized spacial score (nSPS) is 22.2. The van der Waals surface area contributed by atoms with Crippen molar-refractivity contribution in [2.24, 2.45) is 0 Å². The fraction of sp³-hybridized carbons (Fsp3) is 0.500. The summed E-state index contributed by atoms with van der Waals surface area (Å²) >= 11 is 6.16. The summed E-state index contributed by atoms with van der Waals surface area (Å²) in [5.41, 5.74) is 2.41. The van der Waals surface area contributed by atoms with Crippen LogP contribution in [0.5, 0.6) is 0 Å². The first-order chi connectivity index (χ1) is 7.16. The number of β-amino-alcohol motifs (C(OH)–C–C–N with tert-alkyl or cyclic N) is 1. The minimum Gasteiger partial charge on any atom is -0.392 e.